The fourth-order valence-electron chi connectivity index (χ4n) is 3.86. The lowest BCUT2D eigenvalue weighted by atomic mass is 10.1. The summed E-state index contributed by atoms with van der Waals surface area (Å²) < 4.78 is 0. The van der Waals surface area contributed by atoms with Crippen LogP contribution in [0, 0.1) is 6.92 Å². The van der Waals surface area contributed by atoms with E-state index in [0.717, 1.165) is 24.7 Å². The molecule has 0 radical (unpaired) electrons. The number of aryl methyl sites for hydroxylation is 3. The van der Waals surface area contributed by atoms with Gasteiger partial charge in [-0.15, -0.1) is 11.3 Å². The predicted octanol–water partition coefficient (Wildman–Crippen LogP) is 3.38. The molecule has 2 aliphatic rings. The smallest absolute Gasteiger partial charge is 0.139 e. The van der Waals surface area contributed by atoms with E-state index in [1.54, 1.807) is 0 Å². The first-order chi connectivity index (χ1) is 10.7. The van der Waals surface area contributed by atoms with Gasteiger partial charge in [0.05, 0.1) is 5.39 Å². The van der Waals surface area contributed by atoms with E-state index in [1.807, 2.05) is 18.3 Å². The van der Waals surface area contributed by atoms with E-state index in [4.69, 9.17) is 4.98 Å². The third kappa shape index (κ3) is 2.50. The molecule has 1 aliphatic heterocycles. The molecule has 4 nitrogen and oxygen atoms in total. The highest BCUT2D eigenvalue weighted by Crippen LogP contribution is 2.39. The SMILES string of the molecule is CCN1CCC[C@@H](Nc2nc(C)nc3sc4c(c23)CCC4)C1. The van der Waals surface area contributed by atoms with Crippen LogP contribution in [0.5, 0.6) is 0 Å². The number of hydrogen-bond acceptors (Lipinski definition) is 5. The minimum Gasteiger partial charge on any atom is -0.365 e. The van der Waals surface area contributed by atoms with E-state index >= 15 is 0 Å². The lowest BCUT2D eigenvalue weighted by Crippen LogP contribution is -2.42. The van der Waals surface area contributed by atoms with Crippen molar-refractivity contribution in [1.82, 2.24) is 14.9 Å². The molecule has 0 bridgehead atoms. The van der Waals surface area contributed by atoms with Crippen LogP contribution in [0.3, 0.4) is 0 Å². The Balaban J connectivity index is 1.68. The lowest BCUT2D eigenvalue weighted by Gasteiger charge is -2.32. The first kappa shape index (κ1) is 14.4. The van der Waals surface area contributed by atoms with Crippen molar-refractivity contribution in [3.63, 3.8) is 0 Å². The second-order valence-corrected chi connectivity index (χ2v) is 7.62. The molecule has 1 N–H and O–H groups in total. The molecule has 3 heterocycles. The van der Waals surface area contributed by atoms with Gasteiger partial charge in [0.1, 0.15) is 16.5 Å². The summed E-state index contributed by atoms with van der Waals surface area (Å²) in [6.45, 7) is 7.77. The molecule has 1 aliphatic carbocycles. The van der Waals surface area contributed by atoms with Crippen molar-refractivity contribution < 1.29 is 0 Å². The molecule has 2 aromatic rings. The highest BCUT2D eigenvalue weighted by Gasteiger charge is 2.24. The first-order valence-electron chi connectivity index (χ1n) is 8.52. The average molecular weight is 316 g/mol. The predicted molar refractivity (Wildman–Crippen MR) is 92.9 cm³/mol. The van der Waals surface area contributed by atoms with Crippen LogP contribution in [0.2, 0.25) is 0 Å². The molecular formula is C17H24N4S. The number of nitrogens with zero attached hydrogens (tertiary/aromatic N) is 3. The summed E-state index contributed by atoms with van der Waals surface area (Å²) in [7, 11) is 0. The molecule has 22 heavy (non-hydrogen) atoms. The van der Waals surface area contributed by atoms with Gasteiger partial charge in [-0.3, -0.25) is 0 Å². The molecule has 4 rings (SSSR count). The van der Waals surface area contributed by atoms with Gasteiger partial charge < -0.3 is 10.2 Å². The van der Waals surface area contributed by atoms with E-state index < -0.39 is 0 Å². The van der Waals surface area contributed by atoms with Gasteiger partial charge in [-0.1, -0.05) is 6.92 Å². The summed E-state index contributed by atoms with van der Waals surface area (Å²) in [6, 6.07) is 0.517. The summed E-state index contributed by atoms with van der Waals surface area (Å²) in [5.41, 5.74) is 1.52. The van der Waals surface area contributed by atoms with Gasteiger partial charge in [0, 0.05) is 17.5 Å². The van der Waals surface area contributed by atoms with Crippen molar-refractivity contribution in [3.8, 4) is 0 Å². The third-order valence-corrected chi connectivity index (χ3v) is 6.16. The highest BCUT2D eigenvalue weighted by atomic mass is 32.1. The van der Waals surface area contributed by atoms with Crippen LogP contribution < -0.4 is 5.32 Å². The van der Waals surface area contributed by atoms with Crippen LogP contribution in [0.1, 0.15) is 42.5 Å². The number of rotatable bonds is 3. The van der Waals surface area contributed by atoms with E-state index in [-0.39, 0.29) is 0 Å². The van der Waals surface area contributed by atoms with Crippen molar-refractivity contribution in [2.24, 2.45) is 0 Å². The summed E-state index contributed by atoms with van der Waals surface area (Å²) >= 11 is 1.88. The second-order valence-electron chi connectivity index (χ2n) is 6.53. The Hall–Kier alpha value is -1.20. The van der Waals surface area contributed by atoms with Crippen molar-refractivity contribution >= 4 is 27.4 Å². The first-order valence-corrected chi connectivity index (χ1v) is 9.34. The molecule has 0 aromatic carbocycles. The Morgan fingerprint density at radius 2 is 2.18 bits per heavy atom. The average Bonchev–Trinajstić information content (AvgIpc) is 3.07. The Morgan fingerprint density at radius 3 is 3.05 bits per heavy atom. The van der Waals surface area contributed by atoms with Gasteiger partial charge >= 0.3 is 0 Å². The third-order valence-electron chi connectivity index (χ3n) is 4.97. The zero-order valence-corrected chi connectivity index (χ0v) is 14.3. The van der Waals surface area contributed by atoms with Gasteiger partial charge in [0.25, 0.3) is 0 Å². The summed E-state index contributed by atoms with van der Waals surface area (Å²) in [4.78, 5) is 14.7. The Kier molecular flexibility index (Phi) is 3.78. The van der Waals surface area contributed by atoms with Crippen molar-refractivity contribution in [1.29, 1.82) is 0 Å². The summed E-state index contributed by atoms with van der Waals surface area (Å²) in [6.07, 6.45) is 6.23. The normalized spacial score (nSPS) is 22.2. The standard InChI is InChI=1S/C17H24N4S/c1-3-21-9-5-6-12(10-21)20-16-15-13-7-4-8-14(13)22-17(15)19-11(2)18-16/h12H,3-10H2,1-2H3,(H,18,19,20)/t12-/m1/s1. The van der Waals surface area contributed by atoms with E-state index in [0.29, 0.717) is 6.04 Å². The van der Waals surface area contributed by atoms with Crippen LogP contribution in [0.15, 0.2) is 0 Å². The molecular weight excluding hydrogens is 292 g/mol. The van der Waals surface area contributed by atoms with Crippen LogP contribution in [0.25, 0.3) is 10.2 Å². The van der Waals surface area contributed by atoms with Crippen LogP contribution in [0.4, 0.5) is 5.82 Å². The molecule has 118 valence electrons. The lowest BCUT2D eigenvalue weighted by molar-refractivity contribution is 0.226. The Bertz CT molecular complexity index is 694. The van der Waals surface area contributed by atoms with Crippen LogP contribution >= 0.6 is 11.3 Å². The highest BCUT2D eigenvalue weighted by molar-refractivity contribution is 7.19. The number of anilines is 1. The molecule has 0 saturated carbocycles. The van der Waals surface area contributed by atoms with Gasteiger partial charge in [0.2, 0.25) is 0 Å². The molecule has 1 atom stereocenters. The van der Waals surface area contributed by atoms with Gasteiger partial charge in [-0.25, -0.2) is 9.97 Å². The van der Waals surface area contributed by atoms with E-state index in [1.165, 1.54) is 59.3 Å². The maximum Gasteiger partial charge on any atom is 0.139 e. The minimum absolute atomic E-state index is 0.517. The molecule has 0 unspecified atom stereocenters. The zero-order chi connectivity index (χ0) is 15.1. The molecule has 5 heteroatoms. The van der Waals surface area contributed by atoms with Gasteiger partial charge in [0.15, 0.2) is 0 Å². The van der Waals surface area contributed by atoms with Crippen LogP contribution in [-0.2, 0) is 12.8 Å². The van der Waals surface area contributed by atoms with Crippen LogP contribution in [-0.4, -0.2) is 40.5 Å². The molecule has 2 aromatic heterocycles. The van der Waals surface area contributed by atoms with Crippen molar-refractivity contribution in [2.45, 2.75) is 52.0 Å². The molecule has 1 fully saturated rings. The quantitative estimate of drug-likeness (QED) is 0.942. The maximum atomic E-state index is 4.76. The summed E-state index contributed by atoms with van der Waals surface area (Å²) in [5.74, 6) is 1.97. The monoisotopic (exact) mass is 316 g/mol. The largest absolute Gasteiger partial charge is 0.365 e. The number of nitrogens with one attached hydrogen (secondary N) is 1. The second kappa shape index (κ2) is 5.78. The van der Waals surface area contributed by atoms with E-state index in [9.17, 15) is 0 Å². The Morgan fingerprint density at radius 1 is 1.27 bits per heavy atom. The molecule has 1 saturated heterocycles. The number of likely N-dealkylation sites (N-methyl/N-ethyl adjacent to an activating group) is 1. The minimum atomic E-state index is 0.517. The molecule has 0 amide bonds. The topological polar surface area (TPSA) is 41.0 Å². The fourth-order valence-corrected chi connectivity index (χ4v) is 5.17. The van der Waals surface area contributed by atoms with Gasteiger partial charge in [-0.2, -0.15) is 0 Å². The number of fused-ring (bicyclic) bond motifs is 3. The number of hydrogen-bond donors (Lipinski definition) is 1. The van der Waals surface area contributed by atoms with Crippen molar-refractivity contribution in [2.75, 3.05) is 25.0 Å². The fraction of sp³-hybridized carbons (Fsp3) is 0.647. The zero-order valence-electron chi connectivity index (χ0n) is 13.5. The Labute approximate surface area is 136 Å². The number of thiophene rings is 1. The number of piperidine rings is 1. The maximum absolute atomic E-state index is 4.76. The van der Waals surface area contributed by atoms with Crippen molar-refractivity contribution in [3.05, 3.63) is 16.3 Å². The summed E-state index contributed by atoms with van der Waals surface area (Å²) in [5, 5.41) is 5.08. The number of aromatic nitrogens is 2. The number of likely N-dealkylation sites (tertiary alicyclic amines) is 1. The van der Waals surface area contributed by atoms with Gasteiger partial charge in [-0.05, 0) is 57.7 Å². The molecule has 0 spiro atoms. The van der Waals surface area contributed by atoms with E-state index in [2.05, 4.69) is 22.1 Å².